The van der Waals surface area contributed by atoms with Gasteiger partial charge >= 0.3 is 5.97 Å². The second-order valence-electron chi connectivity index (χ2n) is 7.29. The fraction of sp³-hybridized carbons (Fsp3) is 0.160. The molecule has 0 spiro atoms. The molecule has 0 unspecified atom stereocenters. The van der Waals surface area contributed by atoms with Crippen molar-refractivity contribution in [2.24, 2.45) is 0 Å². The van der Waals surface area contributed by atoms with E-state index < -0.39 is 0 Å². The molecule has 5 heteroatoms. The van der Waals surface area contributed by atoms with Crippen LogP contribution in [0.5, 0.6) is 0 Å². The van der Waals surface area contributed by atoms with Crippen LogP contribution in [0.15, 0.2) is 42.6 Å². The Morgan fingerprint density at radius 2 is 1.80 bits per heavy atom. The summed E-state index contributed by atoms with van der Waals surface area (Å²) in [7, 11) is 1.38. The average molecular weight is 395 g/mol. The summed E-state index contributed by atoms with van der Waals surface area (Å²) in [5.74, 6) is 6.46. The van der Waals surface area contributed by atoms with Crippen LogP contribution >= 0.6 is 0 Å². The first-order chi connectivity index (χ1) is 14.4. The summed E-state index contributed by atoms with van der Waals surface area (Å²) >= 11 is 0. The van der Waals surface area contributed by atoms with Crippen molar-refractivity contribution in [2.45, 2.75) is 20.8 Å². The van der Waals surface area contributed by atoms with Gasteiger partial charge in [0.05, 0.1) is 18.2 Å². The number of nitrogen functional groups attached to an aromatic ring is 1. The van der Waals surface area contributed by atoms with E-state index in [0.717, 1.165) is 44.1 Å². The van der Waals surface area contributed by atoms with Crippen molar-refractivity contribution in [1.29, 1.82) is 0 Å². The average Bonchev–Trinajstić information content (AvgIpc) is 2.74. The number of carbonyl (C=O) groups is 1. The van der Waals surface area contributed by atoms with E-state index in [1.807, 2.05) is 51.1 Å². The molecule has 4 aromatic rings. The Labute approximate surface area is 174 Å². The van der Waals surface area contributed by atoms with Gasteiger partial charge in [-0.25, -0.2) is 9.78 Å². The van der Waals surface area contributed by atoms with E-state index in [2.05, 4.69) is 21.8 Å². The number of pyridine rings is 2. The second kappa shape index (κ2) is 7.49. The zero-order valence-corrected chi connectivity index (χ0v) is 17.3. The number of aromatic nitrogens is 2. The molecule has 0 amide bonds. The number of aryl methyl sites for hydroxylation is 1. The van der Waals surface area contributed by atoms with Crippen molar-refractivity contribution in [3.63, 3.8) is 0 Å². The van der Waals surface area contributed by atoms with E-state index >= 15 is 0 Å². The van der Waals surface area contributed by atoms with Gasteiger partial charge in [0.15, 0.2) is 5.82 Å². The van der Waals surface area contributed by atoms with Crippen LogP contribution in [0.2, 0.25) is 0 Å². The minimum Gasteiger partial charge on any atom is -0.465 e. The molecular weight excluding hydrogens is 374 g/mol. The smallest absolute Gasteiger partial charge is 0.338 e. The lowest BCUT2D eigenvalue weighted by molar-refractivity contribution is 0.0600. The maximum Gasteiger partial charge on any atom is 0.338 e. The van der Waals surface area contributed by atoms with Gasteiger partial charge in [-0.3, -0.25) is 4.98 Å². The lowest BCUT2D eigenvalue weighted by atomic mass is 9.98. The molecule has 0 aliphatic carbocycles. The van der Waals surface area contributed by atoms with E-state index in [0.29, 0.717) is 16.9 Å². The molecule has 2 N–H and O–H groups in total. The van der Waals surface area contributed by atoms with Crippen LogP contribution in [0, 0.1) is 32.6 Å². The zero-order valence-electron chi connectivity index (χ0n) is 17.3. The summed E-state index contributed by atoms with van der Waals surface area (Å²) in [4.78, 5) is 20.9. The molecule has 148 valence electrons. The van der Waals surface area contributed by atoms with E-state index in [4.69, 9.17) is 10.5 Å². The highest BCUT2D eigenvalue weighted by atomic mass is 16.5. The van der Waals surface area contributed by atoms with Gasteiger partial charge in [0, 0.05) is 28.1 Å². The normalized spacial score (nSPS) is 10.7. The highest BCUT2D eigenvalue weighted by Gasteiger charge is 2.12. The number of nitrogens with zero attached hydrogens (tertiary/aromatic N) is 2. The number of carbonyl (C=O) groups excluding carboxylic acids is 1. The monoisotopic (exact) mass is 395 g/mol. The predicted molar refractivity (Wildman–Crippen MR) is 119 cm³/mol. The number of hydrogen-bond donors (Lipinski definition) is 1. The highest BCUT2D eigenvalue weighted by molar-refractivity contribution is 6.08. The summed E-state index contributed by atoms with van der Waals surface area (Å²) in [5.41, 5.74) is 12.8. The number of benzene rings is 2. The SMILES string of the molecule is COC(=O)c1ccc(C#Cc2cnc3c(N)nc4cc(C)ccc4c3c2)c(C)c1C. The number of nitrogens with two attached hydrogens (primary N) is 1. The Balaban J connectivity index is 1.81. The lowest BCUT2D eigenvalue weighted by Gasteiger charge is -2.08. The van der Waals surface area contributed by atoms with Crippen LogP contribution in [0.25, 0.3) is 21.8 Å². The van der Waals surface area contributed by atoms with Crippen LogP contribution in [-0.4, -0.2) is 23.0 Å². The van der Waals surface area contributed by atoms with E-state index in [-0.39, 0.29) is 5.97 Å². The standard InChI is InChI=1S/C25H21N3O2/c1-14-5-9-20-21-12-17(13-27-23(21)24(26)28-22(20)11-14)6-7-18-8-10-19(25(29)30-4)16(3)15(18)2/h5,8-13H,1-4H3,(H2,26,28). The molecule has 0 radical (unpaired) electrons. The number of esters is 1. The maximum absolute atomic E-state index is 11.9. The van der Waals surface area contributed by atoms with Gasteiger partial charge < -0.3 is 10.5 Å². The third-order valence-electron chi connectivity index (χ3n) is 5.35. The molecule has 2 heterocycles. The van der Waals surface area contributed by atoms with Crippen molar-refractivity contribution in [2.75, 3.05) is 12.8 Å². The van der Waals surface area contributed by atoms with E-state index in [1.165, 1.54) is 7.11 Å². The van der Waals surface area contributed by atoms with E-state index in [9.17, 15) is 4.79 Å². The molecule has 0 atom stereocenters. The minimum atomic E-state index is -0.345. The summed E-state index contributed by atoms with van der Waals surface area (Å²) in [6, 6.07) is 11.7. The summed E-state index contributed by atoms with van der Waals surface area (Å²) < 4.78 is 4.84. The highest BCUT2D eigenvalue weighted by Crippen LogP contribution is 2.27. The van der Waals surface area contributed by atoms with Gasteiger partial charge in [0.2, 0.25) is 0 Å². The van der Waals surface area contributed by atoms with Gasteiger partial charge in [-0.05, 0) is 61.7 Å². The Bertz CT molecular complexity index is 1390. The third kappa shape index (κ3) is 3.33. The number of methoxy groups -OCH3 is 1. The molecule has 30 heavy (non-hydrogen) atoms. The van der Waals surface area contributed by atoms with Gasteiger partial charge in [0.1, 0.15) is 5.52 Å². The van der Waals surface area contributed by atoms with Crippen molar-refractivity contribution in [3.05, 3.63) is 76.0 Å². The van der Waals surface area contributed by atoms with Crippen LogP contribution in [0.3, 0.4) is 0 Å². The first-order valence-corrected chi connectivity index (χ1v) is 9.55. The Hall–Kier alpha value is -3.91. The summed E-state index contributed by atoms with van der Waals surface area (Å²) in [6.45, 7) is 5.87. The topological polar surface area (TPSA) is 78.1 Å². The van der Waals surface area contributed by atoms with Crippen molar-refractivity contribution >= 4 is 33.6 Å². The fourth-order valence-electron chi connectivity index (χ4n) is 3.51. The largest absolute Gasteiger partial charge is 0.465 e. The molecule has 4 rings (SSSR count). The van der Waals surface area contributed by atoms with Gasteiger partial charge in [-0.1, -0.05) is 24.0 Å². The Morgan fingerprint density at radius 3 is 2.57 bits per heavy atom. The van der Waals surface area contributed by atoms with Gasteiger partial charge in [0.25, 0.3) is 0 Å². The third-order valence-corrected chi connectivity index (χ3v) is 5.35. The minimum absolute atomic E-state index is 0.345. The second-order valence-corrected chi connectivity index (χ2v) is 7.29. The quantitative estimate of drug-likeness (QED) is 0.292. The van der Waals surface area contributed by atoms with Gasteiger partial charge in [-0.15, -0.1) is 0 Å². The van der Waals surface area contributed by atoms with Crippen LogP contribution in [0.1, 0.15) is 38.2 Å². The fourth-order valence-corrected chi connectivity index (χ4v) is 3.51. The zero-order chi connectivity index (χ0) is 21.4. The van der Waals surface area contributed by atoms with Crippen LogP contribution in [0.4, 0.5) is 5.82 Å². The Kier molecular flexibility index (Phi) is 4.85. The molecular formula is C25H21N3O2. The molecule has 0 fully saturated rings. The predicted octanol–water partition coefficient (Wildman–Crippen LogP) is 4.48. The summed E-state index contributed by atoms with van der Waals surface area (Å²) in [6.07, 6.45) is 1.71. The molecule has 0 bridgehead atoms. The first kappa shape index (κ1) is 19.4. The number of rotatable bonds is 1. The molecule has 0 aliphatic rings. The number of hydrogen-bond acceptors (Lipinski definition) is 5. The van der Waals surface area contributed by atoms with Crippen molar-refractivity contribution in [3.8, 4) is 11.8 Å². The van der Waals surface area contributed by atoms with E-state index in [1.54, 1.807) is 12.3 Å². The Morgan fingerprint density at radius 1 is 1.00 bits per heavy atom. The maximum atomic E-state index is 11.9. The van der Waals surface area contributed by atoms with Crippen LogP contribution < -0.4 is 5.73 Å². The van der Waals surface area contributed by atoms with Crippen molar-refractivity contribution in [1.82, 2.24) is 9.97 Å². The molecule has 5 nitrogen and oxygen atoms in total. The molecule has 2 aromatic heterocycles. The lowest BCUT2D eigenvalue weighted by Crippen LogP contribution is -2.05. The number of anilines is 1. The van der Waals surface area contributed by atoms with Crippen molar-refractivity contribution < 1.29 is 9.53 Å². The molecule has 0 saturated carbocycles. The van der Waals surface area contributed by atoms with Gasteiger partial charge in [-0.2, -0.15) is 0 Å². The molecule has 2 aromatic carbocycles. The molecule has 0 saturated heterocycles. The summed E-state index contributed by atoms with van der Waals surface area (Å²) in [5, 5.41) is 1.92. The number of fused-ring (bicyclic) bond motifs is 3. The molecule has 0 aliphatic heterocycles. The van der Waals surface area contributed by atoms with Crippen LogP contribution in [-0.2, 0) is 4.74 Å². The first-order valence-electron chi connectivity index (χ1n) is 9.55. The number of ether oxygens (including phenoxy) is 1.